The van der Waals surface area contributed by atoms with Crippen LogP contribution in [0.3, 0.4) is 0 Å². The number of pyridine rings is 1. The van der Waals surface area contributed by atoms with E-state index in [0.717, 1.165) is 11.1 Å². The summed E-state index contributed by atoms with van der Waals surface area (Å²) >= 11 is 0. The van der Waals surface area contributed by atoms with Crippen molar-refractivity contribution in [1.29, 1.82) is 0 Å². The lowest BCUT2D eigenvalue weighted by atomic mass is 10.1. The zero-order chi connectivity index (χ0) is 22.1. The number of nitrogens with zero attached hydrogens (tertiary/aromatic N) is 3. The normalized spacial score (nSPS) is 10.2. The van der Waals surface area contributed by atoms with E-state index in [1.165, 1.54) is 0 Å². The summed E-state index contributed by atoms with van der Waals surface area (Å²) in [6.07, 6.45) is 1.71. The van der Waals surface area contributed by atoms with Crippen molar-refractivity contribution in [3.63, 3.8) is 0 Å². The fraction of sp³-hybridized carbons (Fsp3) is 0.240. The van der Waals surface area contributed by atoms with Crippen LogP contribution in [0.2, 0.25) is 0 Å². The van der Waals surface area contributed by atoms with Crippen LogP contribution < -0.4 is 9.47 Å². The van der Waals surface area contributed by atoms with Crippen molar-refractivity contribution in [3.8, 4) is 34.5 Å². The zero-order valence-electron chi connectivity index (χ0n) is 18.3. The van der Waals surface area contributed by atoms with Crippen LogP contribution in [0.1, 0.15) is 31.9 Å². The van der Waals surface area contributed by atoms with Gasteiger partial charge in [0.05, 0.1) is 12.2 Å². The van der Waals surface area contributed by atoms with Crippen molar-refractivity contribution >= 4 is 0 Å². The second-order valence-corrected chi connectivity index (χ2v) is 6.46. The van der Waals surface area contributed by atoms with Crippen molar-refractivity contribution < 1.29 is 14.0 Å². The average molecular weight is 418 g/mol. The molecule has 0 aliphatic heterocycles. The Kier molecular flexibility index (Phi) is 7.76. The molecule has 0 fully saturated rings. The van der Waals surface area contributed by atoms with E-state index in [-0.39, 0.29) is 0 Å². The van der Waals surface area contributed by atoms with Crippen molar-refractivity contribution in [3.05, 3.63) is 78.0 Å². The van der Waals surface area contributed by atoms with Gasteiger partial charge in [0, 0.05) is 6.20 Å². The van der Waals surface area contributed by atoms with Crippen LogP contribution in [0.5, 0.6) is 11.5 Å². The van der Waals surface area contributed by atoms with Crippen molar-refractivity contribution in [1.82, 2.24) is 15.1 Å². The Morgan fingerprint density at radius 1 is 0.935 bits per heavy atom. The predicted octanol–water partition coefficient (Wildman–Crippen LogP) is 6.11. The molecule has 4 rings (SSSR count). The Balaban J connectivity index is 0.00000132. The summed E-state index contributed by atoms with van der Waals surface area (Å²) in [5.74, 6) is 2.15. The Morgan fingerprint density at radius 2 is 1.74 bits per heavy atom. The maximum Gasteiger partial charge on any atom is 0.262 e. The second kappa shape index (κ2) is 10.9. The molecule has 0 saturated carbocycles. The van der Waals surface area contributed by atoms with Crippen LogP contribution in [0.15, 0.2) is 71.4 Å². The summed E-state index contributed by atoms with van der Waals surface area (Å²) < 4.78 is 17.2. The molecule has 0 unspecified atom stereocenters. The molecule has 0 aliphatic carbocycles. The Hall–Kier alpha value is -3.67. The smallest absolute Gasteiger partial charge is 0.262 e. The molecule has 0 N–H and O–H groups in total. The summed E-state index contributed by atoms with van der Waals surface area (Å²) in [4.78, 5) is 8.91. The minimum atomic E-state index is 0.356. The van der Waals surface area contributed by atoms with Gasteiger partial charge in [0.1, 0.15) is 23.8 Å². The van der Waals surface area contributed by atoms with Gasteiger partial charge in [0.15, 0.2) is 0 Å². The quantitative estimate of drug-likeness (QED) is 0.361. The van der Waals surface area contributed by atoms with E-state index in [4.69, 9.17) is 14.0 Å². The second-order valence-electron chi connectivity index (χ2n) is 6.46. The molecule has 2 aromatic heterocycles. The van der Waals surface area contributed by atoms with E-state index in [9.17, 15) is 0 Å². The number of hydrogen-bond acceptors (Lipinski definition) is 6. The maximum absolute atomic E-state index is 6.05. The number of rotatable bonds is 7. The minimum absolute atomic E-state index is 0.356. The number of hydrogen-bond donors (Lipinski definition) is 0. The Morgan fingerprint density at radius 3 is 2.48 bits per heavy atom. The fourth-order valence-corrected chi connectivity index (χ4v) is 2.94. The van der Waals surface area contributed by atoms with Gasteiger partial charge in [-0.05, 0) is 49.2 Å². The van der Waals surface area contributed by atoms with E-state index in [1.54, 1.807) is 6.20 Å². The molecule has 160 valence electrons. The molecule has 31 heavy (non-hydrogen) atoms. The Bertz CT molecular complexity index is 1090. The van der Waals surface area contributed by atoms with E-state index in [0.29, 0.717) is 47.7 Å². The third kappa shape index (κ3) is 5.48. The van der Waals surface area contributed by atoms with Crippen LogP contribution in [0.4, 0.5) is 0 Å². The Labute approximate surface area is 182 Å². The van der Waals surface area contributed by atoms with Gasteiger partial charge < -0.3 is 14.0 Å². The summed E-state index contributed by atoms with van der Waals surface area (Å²) in [5.41, 5.74) is 3.42. The highest BCUT2D eigenvalue weighted by Crippen LogP contribution is 2.34. The van der Waals surface area contributed by atoms with Gasteiger partial charge in [-0.1, -0.05) is 55.4 Å². The van der Waals surface area contributed by atoms with E-state index >= 15 is 0 Å². The van der Waals surface area contributed by atoms with Crippen molar-refractivity contribution in [2.24, 2.45) is 0 Å². The van der Waals surface area contributed by atoms with Crippen LogP contribution in [-0.2, 0) is 6.61 Å². The minimum Gasteiger partial charge on any atom is -0.494 e. The molecule has 0 atom stereocenters. The molecule has 0 aliphatic rings. The molecule has 6 nitrogen and oxygen atoms in total. The average Bonchev–Trinajstić information content (AvgIpc) is 3.30. The van der Waals surface area contributed by atoms with Gasteiger partial charge in [-0.15, -0.1) is 0 Å². The lowest BCUT2D eigenvalue weighted by Gasteiger charge is -2.11. The van der Waals surface area contributed by atoms with Crippen molar-refractivity contribution in [2.75, 3.05) is 6.61 Å². The molecule has 0 radical (unpaired) electrons. The topological polar surface area (TPSA) is 70.3 Å². The lowest BCUT2D eigenvalue weighted by molar-refractivity contribution is 0.303. The first-order valence-corrected chi connectivity index (χ1v) is 10.4. The molecule has 2 heterocycles. The number of ether oxygens (including phenoxy) is 2. The summed E-state index contributed by atoms with van der Waals surface area (Å²) in [7, 11) is 0. The molecule has 0 bridgehead atoms. The van der Waals surface area contributed by atoms with Crippen molar-refractivity contribution in [2.45, 2.75) is 34.3 Å². The van der Waals surface area contributed by atoms with E-state index in [1.807, 2.05) is 88.4 Å². The molecule has 2 aromatic carbocycles. The zero-order valence-corrected chi connectivity index (χ0v) is 18.3. The lowest BCUT2D eigenvalue weighted by Crippen LogP contribution is -1.98. The molecule has 0 saturated heterocycles. The molecular weight excluding hydrogens is 390 g/mol. The highest BCUT2D eigenvalue weighted by Gasteiger charge is 2.18. The first kappa shape index (κ1) is 22.0. The van der Waals surface area contributed by atoms with Gasteiger partial charge in [-0.2, -0.15) is 4.98 Å². The highest BCUT2D eigenvalue weighted by atomic mass is 16.5. The summed E-state index contributed by atoms with van der Waals surface area (Å²) in [6.45, 7) is 8.89. The van der Waals surface area contributed by atoms with E-state index < -0.39 is 0 Å². The molecule has 4 aromatic rings. The van der Waals surface area contributed by atoms with Crippen LogP contribution in [0.25, 0.3) is 23.0 Å². The highest BCUT2D eigenvalue weighted by molar-refractivity contribution is 5.67. The van der Waals surface area contributed by atoms with Gasteiger partial charge >= 0.3 is 0 Å². The number of aromatic nitrogens is 3. The van der Waals surface area contributed by atoms with Crippen LogP contribution >= 0.6 is 0 Å². The third-order valence-corrected chi connectivity index (χ3v) is 4.38. The molecular formula is C25H27N3O3. The first-order valence-electron chi connectivity index (χ1n) is 10.4. The number of aryl methyl sites for hydroxylation is 1. The monoisotopic (exact) mass is 417 g/mol. The van der Waals surface area contributed by atoms with Gasteiger partial charge in [-0.25, -0.2) is 0 Å². The predicted molar refractivity (Wildman–Crippen MR) is 121 cm³/mol. The fourth-order valence-electron chi connectivity index (χ4n) is 2.94. The summed E-state index contributed by atoms with van der Waals surface area (Å²) in [5, 5.41) is 4.11. The van der Waals surface area contributed by atoms with Crippen LogP contribution in [-0.4, -0.2) is 21.7 Å². The largest absolute Gasteiger partial charge is 0.494 e. The van der Waals surface area contributed by atoms with Gasteiger partial charge in [0.2, 0.25) is 5.82 Å². The molecule has 0 spiro atoms. The van der Waals surface area contributed by atoms with Gasteiger partial charge in [0.25, 0.3) is 5.89 Å². The standard InChI is InChI=1S/C23H21N3O3.C2H6/c1-3-27-18-11-12-20(28-15-17-9-5-4-6-10-17)19(14-18)23-25-22(26-29-23)21-16(2)8-7-13-24-21;1-2/h4-14H,3,15H2,1-2H3;1-2H3. The maximum atomic E-state index is 6.05. The van der Waals surface area contributed by atoms with Gasteiger partial charge in [-0.3, -0.25) is 4.98 Å². The third-order valence-electron chi connectivity index (χ3n) is 4.38. The summed E-state index contributed by atoms with van der Waals surface area (Å²) in [6, 6.07) is 19.4. The molecule has 6 heteroatoms. The van der Waals surface area contributed by atoms with E-state index in [2.05, 4.69) is 15.1 Å². The van der Waals surface area contributed by atoms with Crippen LogP contribution in [0, 0.1) is 6.92 Å². The first-order chi connectivity index (χ1) is 15.2. The number of benzene rings is 2. The molecule has 0 amide bonds. The SMILES string of the molecule is CC.CCOc1ccc(OCc2ccccc2)c(-c2nc(-c3ncccc3C)no2)c1.